The fourth-order valence-electron chi connectivity index (χ4n) is 2.14. The SMILES string of the molecule is CCOc1ccccc1OCCN[C@@H](C)c1ccccc1. The van der Waals surface area contributed by atoms with E-state index in [2.05, 4.69) is 36.5 Å². The van der Waals surface area contributed by atoms with Crippen molar-refractivity contribution < 1.29 is 9.47 Å². The number of para-hydroxylation sites is 2. The Kier molecular flexibility index (Phi) is 6.10. The van der Waals surface area contributed by atoms with Crippen LogP contribution < -0.4 is 14.8 Å². The summed E-state index contributed by atoms with van der Waals surface area (Å²) < 4.78 is 11.3. The van der Waals surface area contributed by atoms with E-state index in [-0.39, 0.29) is 0 Å². The summed E-state index contributed by atoms with van der Waals surface area (Å²) in [4.78, 5) is 0. The normalized spacial score (nSPS) is 11.9. The van der Waals surface area contributed by atoms with Crippen molar-refractivity contribution in [2.75, 3.05) is 19.8 Å². The minimum atomic E-state index is 0.317. The zero-order valence-corrected chi connectivity index (χ0v) is 12.7. The predicted molar refractivity (Wildman–Crippen MR) is 86.0 cm³/mol. The van der Waals surface area contributed by atoms with E-state index in [1.807, 2.05) is 37.3 Å². The predicted octanol–water partition coefficient (Wildman–Crippen LogP) is 3.81. The van der Waals surface area contributed by atoms with Gasteiger partial charge in [-0.3, -0.25) is 0 Å². The van der Waals surface area contributed by atoms with Gasteiger partial charge in [-0.25, -0.2) is 0 Å². The molecule has 1 N–H and O–H groups in total. The molecule has 0 aromatic heterocycles. The Bertz CT molecular complexity index is 528. The third-order valence-corrected chi connectivity index (χ3v) is 3.26. The Morgan fingerprint density at radius 2 is 1.52 bits per heavy atom. The van der Waals surface area contributed by atoms with Crippen molar-refractivity contribution in [3.8, 4) is 11.5 Å². The second kappa shape index (κ2) is 8.32. The number of ether oxygens (including phenoxy) is 2. The summed E-state index contributed by atoms with van der Waals surface area (Å²) in [6.45, 7) is 6.17. The van der Waals surface area contributed by atoms with E-state index in [0.29, 0.717) is 19.3 Å². The molecule has 2 aromatic rings. The lowest BCUT2D eigenvalue weighted by Crippen LogP contribution is -2.24. The topological polar surface area (TPSA) is 30.5 Å². The first kappa shape index (κ1) is 15.4. The van der Waals surface area contributed by atoms with Crippen LogP contribution in [0.15, 0.2) is 54.6 Å². The van der Waals surface area contributed by atoms with E-state index in [9.17, 15) is 0 Å². The van der Waals surface area contributed by atoms with Crippen LogP contribution in [0.4, 0.5) is 0 Å². The van der Waals surface area contributed by atoms with Gasteiger partial charge in [-0.15, -0.1) is 0 Å². The number of nitrogens with one attached hydrogen (secondary N) is 1. The standard InChI is InChI=1S/C18H23NO2/c1-3-20-17-11-7-8-12-18(17)21-14-13-19-15(2)16-9-5-4-6-10-16/h4-12,15,19H,3,13-14H2,1-2H3/t15-/m0/s1. The Labute approximate surface area is 126 Å². The molecular weight excluding hydrogens is 262 g/mol. The fraction of sp³-hybridized carbons (Fsp3) is 0.333. The summed E-state index contributed by atoms with van der Waals surface area (Å²) in [5, 5.41) is 3.45. The molecule has 0 amide bonds. The van der Waals surface area contributed by atoms with Crippen LogP contribution in [-0.4, -0.2) is 19.8 Å². The highest BCUT2D eigenvalue weighted by Gasteiger charge is 2.05. The van der Waals surface area contributed by atoms with Gasteiger partial charge in [-0.1, -0.05) is 42.5 Å². The fourth-order valence-corrected chi connectivity index (χ4v) is 2.14. The van der Waals surface area contributed by atoms with Crippen LogP contribution >= 0.6 is 0 Å². The van der Waals surface area contributed by atoms with E-state index in [0.717, 1.165) is 18.0 Å². The van der Waals surface area contributed by atoms with Crippen LogP contribution in [0.3, 0.4) is 0 Å². The lowest BCUT2D eigenvalue weighted by atomic mass is 10.1. The molecule has 0 saturated heterocycles. The Hall–Kier alpha value is -2.00. The van der Waals surface area contributed by atoms with Gasteiger partial charge in [0.1, 0.15) is 6.61 Å². The van der Waals surface area contributed by atoms with Crippen molar-refractivity contribution in [2.24, 2.45) is 0 Å². The molecule has 0 heterocycles. The van der Waals surface area contributed by atoms with Gasteiger partial charge in [0, 0.05) is 12.6 Å². The molecule has 0 saturated carbocycles. The molecule has 21 heavy (non-hydrogen) atoms. The molecule has 0 bridgehead atoms. The van der Waals surface area contributed by atoms with E-state index in [1.54, 1.807) is 0 Å². The van der Waals surface area contributed by atoms with Gasteiger partial charge in [0.25, 0.3) is 0 Å². The number of rotatable bonds is 8. The Morgan fingerprint density at radius 1 is 0.905 bits per heavy atom. The molecule has 1 atom stereocenters. The van der Waals surface area contributed by atoms with Crippen LogP contribution in [0.25, 0.3) is 0 Å². The lowest BCUT2D eigenvalue weighted by molar-refractivity contribution is 0.273. The Morgan fingerprint density at radius 3 is 2.19 bits per heavy atom. The van der Waals surface area contributed by atoms with Gasteiger partial charge in [-0.2, -0.15) is 0 Å². The minimum Gasteiger partial charge on any atom is -0.490 e. The second-order valence-electron chi connectivity index (χ2n) is 4.81. The van der Waals surface area contributed by atoms with Gasteiger partial charge in [0.15, 0.2) is 11.5 Å². The van der Waals surface area contributed by atoms with Gasteiger partial charge < -0.3 is 14.8 Å². The zero-order chi connectivity index (χ0) is 14.9. The van der Waals surface area contributed by atoms with Gasteiger partial charge in [0.2, 0.25) is 0 Å². The van der Waals surface area contributed by atoms with Crippen LogP contribution in [0.5, 0.6) is 11.5 Å². The van der Waals surface area contributed by atoms with Crippen LogP contribution in [0.2, 0.25) is 0 Å². The van der Waals surface area contributed by atoms with Crippen molar-refractivity contribution in [3.05, 3.63) is 60.2 Å². The second-order valence-corrected chi connectivity index (χ2v) is 4.81. The summed E-state index contributed by atoms with van der Waals surface area (Å²) in [6, 6.07) is 18.5. The third-order valence-electron chi connectivity index (χ3n) is 3.26. The van der Waals surface area contributed by atoms with Gasteiger partial charge in [-0.05, 0) is 31.5 Å². The number of hydrogen-bond donors (Lipinski definition) is 1. The van der Waals surface area contributed by atoms with Crippen molar-refractivity contribution in [2.45, 2.75) is 19.9 Å². The first-order valence-corrected chi connectivity index (χ1v) is 7.44. The average molecular weight is 285 g/mol. The molecule has 2 aromatic carbocycles. The summed E-state index contributed by atoms with van der Waals surface area (Å²) in [7, 11) is 0. The molecule has 2 rings (SSSR count). The van der Waals surface area contributed by atoms with Crippen molar-refractivity contribution >= 4 is 0 Å². The smallest absolute Gasteiger partial charge is 0.161 e. The molecule has 0 fully saturated rings. The summed E-state index contributed by atoms with van der Waals surface area (Å²) in [6.07, 6.45) is 0. The molecule has 0 unspecified atom stereocenters. The molecule has 0 aliphatic carbocycles. The van der Waals surface area contributed by atoms with Gasteiger partial charge in [0.05, 0.1) is 6.61 Å². The molecule has 0 spiro atoms. The third kappa shape index (κ3) is 4.80. The maximum Gasteiger partial charge on any atom is 0.161 e. The monoisotopic (exact) mass is 285 g/mol. The molecular formula is C18H23NO2. The maximum absolute atomic E-state index is 5.79. The van der Waals surface area contributed by atoms with Crippen molar-refractivity contribution in [1.82, 2.24) is 5.32 Å². The summed E-state index contributed by atoms with van der Waals surface area (Å²) >= 11 is 0. The number of benzene rings is 2. The molecule has 3 heteroatoms. The van der Waals surface area contributed by atoms with Crippen molar-refractivity contribution in [3.63, 3.8) is 0 Å². The zero-order valence-electron chi connectivity index (χ0n) is 12.7. The van der Waals surface area contributed by atoms with Crippen LogP contribution in [0.1, 0.15) is 25.5 Å². The highest BCUT2D eigenvalue weighted by molar-refractivity contribution is 5.39. The highest BCUT2D eigenvalue weighted by Crippen LogP contribution is 2.26. The maximum atomic E-state index is 5.79. The quantitative estimate of drug-likeness (QED) is 0.748. The molecule has 3 nitrogen and oxygen atoms in total. The van der Waals surface area contributed by atoms with E-state index in [4.69, 9.17) is 9.47 Å². The van der Waals surface area contributed by atoms with Crippen LogP contribution in [0, 0.1) is 0 Å². The first-order chi connectivity index (χ1) is 10.3. The van der Waals surface area contributed by atoms with Gasteiger partial charge >= 0.3 is 0 Å². The summed E-state index contributed by atoms with van der Waals surface area (Å²) in [5.74, 6) is 1.60. The molecule has 112 valence electrons. The lowest BCUT2D eigenvalue weighted by Gasteiger charge is -2.15. The molecule has 0 radical (unpaired) electrons. The first-order valence-electron chi connectivity index (χ1n) is 7.44. The van der Waals surface area contributed by atoms with E-state index < -0.39 is 0 Å². The average Bonchev–Trinajstić information content (AvgIpc) is 2.54. The van der Waals surface area contributed by atoms with Crippen molar-refractivity contribution in [1.29, 1.82) is 0 Å². The van der Waals surface area contributed by atoms with E-state index >= 15 is 0 Å². The molecule has 0 aliphatic heterocycles. The minimum absolute atomic E-state index is 0.317. The molecule has 0 aliphatic rings. The number of hydrogen-bond acceptors (Lipinski definition) is 3. The summed E-state index contributed by atoms with van der Waals surface area (Å²) in [5.41, 5.74) is 1.28. The van der Waals surface area contributed by atoms with Crippen LogP contribution in [-0.2, 0) is 0 Å². The highest BCUT2D eigenvalue weighted by atomic mass is 16.5. The largest absolute Gasteiger partial charge is 0.490 e. The Balaban J connectivity index is 1.77. The van der Waals surface area contributed by atoms with E-state index in [1.165, 1.54) is 5.56 Å².